The Labute approximate surface area is 217 Å². The number of methoxy groups -OCH3 is 1. The summed E-state index contributed by atoms with van der Waals surface area (Å²) in [6.45, 7) is 0.837. The van der Waals surface area contributed by atoms with Crippen molar-refractivity contribution in [3.8, 4) is 28.8 Å². The van der Waals surface area contributed by atoms with Crippen LogP contribution >= 0.6 is 23.2 Å². The normalized spacial score (nSPS) is 16.2. The molecular weight excluding hydrogens is 503 g/mol. The van der Waals surface area contributed by atoms with Crippen LogP contribution in [0.3, 0.4) is 0 Å². The Balaban J connectivity index is 1.47. The molecule has 4 aromatic rings. The van der Waals surface area contributed by atoms with Gasteiger partial charge in [-0.15, -0.1) is 0 Å². The van der Waals surface area contributed by atoms with E-state index in [-0.39, 0.29) is 6.04 Å². The molecule has 0 radical (unpaired) electrons. The zero-order valence-electron chi connectivity index (χ0n) is 19.3. The maximum Gasteiger partial charge on any atom is 0.225 e. The second-order valence-electron chi connectivity index (χ2n) is 8.30. The van der Waals surface area contributed by atoms with Crippen LogP contribution in [0, 0.1) is 11.3 Å². The number of rotatable bonds is 7. The molecule has 10 nitrogen and oxygen atoms in total. The average molecular weight is 525 g/mol. The smallest absolute Gasteiger partial charge is 0.225 e. The number of hydrogen-bond donors (Lipinski definition) is 2. The van der Waals surface area contributed by atoms with Crippen molar-refractivity contribution in [2.45, 2.75) is 31.5 Å². The Morgan fingerprint density at radius 1 is 1.19 bits per heavy atom. The molecule has 5 rings (SSSR count). The summed E-state index contributed by atoms with van der Waals surface area (Å²) in [7, 11) is 1.54. The van der Waals surface area contributed by atoms with Crippen LogP contribution < -0.4 is 20.1 Å². The number of pyridine rings is 1. The van der Waals surface area contributed by atoms with E-state index >= 15 is 0 Å². The number of anilines is 1. The molecular formula is C24H22Cl2N8O2. The Morgan fingerprint density at radius 2 is 1.94 bits per heavy atom. The van der Waals surface area contributed by atoms with Crippen LogP contribution in [0.25, 0.3) is 22.2 Å². The molecule has 1 saturated heterocycles. The van der Waals surface area contributed by atoms with Crippen molar-refractivity contribution in [2.24, 2.45) is 5.73 Å². The Kier molecular flexibility index (Phi) is 6.78. The van der Waals surface area contributed by atoms with Crippen molar-refractivity contribution in [2.75, 3.05) is 18.6 Å². The predicted molar refractivity (Wildman–Crippen MR) is 136 cm³/mol. The first-order valence-electron chi connectivity index (χ1n) is 11.2. The van der Waals surface area contributed by atoms with E-state index in [0.29, 0.717) is 45.2 Å². The summed E-state index contributed by atoms with van der Waals surface area (Å²) in [6, 6.07) is 5.95. The van der Waals surface area contributed by atoms with Crippen LogP contribution in [0.1, 0.15) is 31.1 Å². The average Bonchev–Trinajstić information content (AvgIpc) is 3.50. The van der Waals surface area contributed by atoms with Gasteiger partial charge in [-0.25, -0.2) is 9.97 Å². The van der Waals surface area contributed by atoms with Gasteiger partial charge < -0.3 is 14.4 Å². The van der Waals surface area contributed by atoms with Crippen LogP contribution in [-0.2, 0) is 0 Å². The van der Waals surface area contributed by atoms with Gasteiger partial charge in [0.05, 0.1) is 35.2 Å². The summed E-state index contributed by atoms with van der Waals surface area (Å²) >= 11 is 12.5. The van der Waals surface area contributed by atoms with Crippen molar-refractivity contribution in [1.29, 1.82) is 5.26 Å². The van der Waals surface area contributed by atoms with E-state index < -0.39 is 6.23 Å². The van der Waals surface area contributed by atoms with Gasteiger partial charge in [0.1, 0.15) is 5.69 Å². The van der Waals surface area contributed by atoms with Gasteiger partial charge in [0.25, 0.3) is 0 Å². The lowest BCUT2D eigenvalue weighted by molar-refractivity contribution is 0.204. The molecule has 36 heavy (non-hydrogen) atoms. The van der Waals surface area contributed by atoms with E-state index in [2.05, 4.69) is 36.1 Å². The van der Waals surface area contributed by atoms with Gasteiger partial charge in [0, 0.05) is 60.0 Å². The fraction of sp³-hybridized carbons (Fsp3) is 0.292. The zero-order valence-corrected chi connectivity index (χ0v) is 20.8. The minimum Gasteiger partial charge on any atom is -0.493 e. The van der Waals surface area contributed by atoms with Crippen molar-refractivity contribution >= 4 is 40.1 Å². The first-order chi connectivity index (χ1) is 17.5. The Morgan fingerprint density at radius 3 is 2.64 bits per heavy atom. The standard InChI is InChI=1S/C24H22Cl2N8O2/c1-35-19-8-18-15(7-20(19)36-23(28)21-16(25)11-29-12-17(21)26)22(33-32-18)13-9-30-24(31-10-13)34-6-2-3-14(34)4-5-27/h7-12,14,23H,2-4,6,28H2,1H3,(H,32,33)/t14-,23+/m1/s1. The zero-order chi connectivity index (χ0) is 25.2. The number of halogens is 2. The van der Waals surface area contributed by atoms with Crippen LogP contribution in [0.5, 0.6) is 11.5 Å². The molecule has 0 aliphatic carbocycles. The molecule has 0 spiro atoms. The van der Waals surface area contributed by atoms with Crippen LogP contribution in [0.2, 0.25) is 10.0 Å². The third-order valence-electron chi connectivity index (χ3n) is 6.15. The van der Waals surface area contributed by atoms with Crippen LogP contribution in [0.15, 0.2) is 36.9 Å². The van der Waals surface area contributed by atoms with Crippen molar-refractivity contribution in [3.05, 3.63) is 52.5 Å². The second kappa shape index (κ2) is 10.1. The summed E-state index contributed by atoms with van der Waals surface area (Å²) in [6.07, 6.45) is 7.84. The van der Waals surface area contributed by atoms with Crippen LogP contribution in [0.4, 0.5) is 5.95 Å². The molecule has 3 N–H and O–H groups in total. The first-order valence-corrected chi connectivity index (χ1v) is 12.0. The van der Waals surface area contributed by atoms with Gasteiger partial charge in [-0.1, -0.05) is 23.2 Å². The largest absolute Gasteiger partial charge is 0.493 e. The molecule has 12 heteroatoms. The van der Waals surface area contributed by atoms with E-state index in [1.165, 1.54) is 19.5 Å². The van der Waals surface area contributed by atoms with E-state index in [1.54, 1.807) is 24.5 Å². The van der Waals surface area contributed by atoms with Gasteiger partial charge >= 0.3 is 0 Å². The van der Waals surface area contributed by atoms with E-state index in [4.69, 9.17) is 43.7 Å². The summed E-state index contributed by atoms with van der Waals surface area (Å²) in [4.78, 5) is 15.2. The molecule has 0 amide bonds. The molecule has 184 valence electrons. The lowest BCUT2D eigenvalue weighted by Crippen LogP contribution is -2.30. The number of benzene rings is 1. The fourth-order valence-electron chi connectivity index (χ4n) is 4.39. The van der Waals surface area contributed by atoms with E-state index in [9.17, 15) is 0 Å². The minimum atomic E-state index is -0.959. The third kappa shape index (κ3) is 4.48. The highest BCUT2D eigenvalue weighted by Crippen LogP contribution is 2.39. The fourth-order valence-corrected chi connectivity index (χ4v) is 4.97. The summed E-state index contributed by atoms with van der Waals surface area (Å²) in [5, 5.41) is 17.9. The number of nitriles is 1. The van der Waals surface area contributed by atoms with Crippen molar-refractivity contribution in [1.82, 2.24) is 25.1 Å². The molecule has 4 heterocycles. The summed E-state index contributed by atoms with van der Waals surface area (Å²) < 4.78 is 11.5. The lowest BCUT2D eigenvalue weighted by atomic mass is 10.1. The van der Waals surface area contributed by atoms with E-state index in [1.807, 2.05) is 0 Å². The molecule has 0 bridgehead atoms. The maximum atomic E-state index is 9.10. The molecule has 3 aromatic heterocycles. The first kappa shape index (κ1) is 24.1. The molecule has 2 atom stereocenters. The number of aromatic nitrogens is 5. The topological polar surface area (TPSA) is 139 Å². The van der Waals surface area contributed by atoms with Gasteiger partial charge in [-0.3, -0.25) is 15.8 Å². The number of nitrogens with zero attached hydrogens (tertiary/aromatic N) is 6. The Hall–Kier alpha value is -3.65. The monoisotopic (exact) mass is 524 g/mol. The SMILES string of the molecule is COc1cc2[nH]nc(-c3cnc(N4CCC[C@@H]4CC#N)nc3)c2cc1O[C@H](N)c1c(Cl)cncc1Cl. The number of H-pyrrole nitrogens is 1. The van der Waals surface area contributed by atoms with Gasteiger partial charge in [-0.2, -0.15) is 10.4 Å². The third-order valence-corrected chi connectivity index (χ3v) is 6.75. The van der Waals surface area contributed by atoms with Gasteiger partial charge in [0.15, 0.2) is 17.7 Å². The molecule has 0 saturated carbocycles. The number of ether oxygens (including phenoxy) is 2. The second-order valence-corrected chi connectivity index (χ2v) is 9.11. The highest BCUT2D eigenvalue weighted by atomic mass is 35.5. The Bertz CT molecular complexity index is 1420. The number of hydrogen-bond acceptors (Lipinski definition) is 9. The number of fused-ring (bicyclic) bond motifs is 1. The van der Waals surface area contributed by atoms with Crippen molar-refractivity contribution < 1.29 is 9.47 Å². The molecule has 1 aromatic carbocycles. The summed E-state index contributed by atoms with van der Waals surface area (Å²) in [5.74, 6) is 1.45. The summed E-state index contributed by atoms with van der Waals surface area (Å²) in [5.41, 5.74) is 8.81. The number of nitrogens with one attached hydrogen (secondary N) is 1. The van der Waals surface area contributed by atoms with Crippen LogP contribution in [-0.4, -0.2) is 44.8 Å². The van der Waals surface area contributed by atoms with Gasteiger partial charge in [-0.05, 0) is 18.9 Å². The van der Waals surface area contributed by atoms with E-state index in [0.717, 1.165) is 35.9 Å². The quantitative estimate of drug-likeness (QED) is 0.330. The van der Waals surface area contributed by atoms with Crippen molar-refractivity contribution in [3.63, 3.8) is 0 Å². The highest BCUT2D eigenvalue weighted by molar-refractivity contribution is 6.35. The number of nitrogens with two attached hydrogens (primary N) is 1. The molecule has 0 unspecified atom stereocenters. The molecule has 1 fully saturated rings. The highest BCUT2D eigenvalue weighted by Gasteiger charge is 2.26. The lowest BCUT2D eigenvalue weighted by Gasteiger charge is -2.22. The maximum absolute atomic E-state index is 9.10. The number of aromatic amines is 1. The molecule has 1 aliphatic rings. The van der Waals surface area contributed by atoms with Gasteiger partial charge in [0.2, 0.25) is 5.95 Å². The predicted octanol–water partition coefficient (Wildman–Crippen LogP) is 4.65. The minimum absolute atomic E-state index is 0.144. The molecule has 1 aliphatic heterocycles.